The molecule has 0 saturated carbocycles. The minimum atomic E-state index is -5.84. The number of alkyl halides is 5. The smallest absolute Gasteiger partial charge is 0.335 e. The molecule has 19 heavy (non-hydrogen) atoms. The van der Waals surface area contributed by atoms with Crippen molar-refractivity contribution in [3.8, 4) is 0 Å². The fraction of sp³-hybridized carbons (Fsp3) is 0.909. The lowest BCUT2D eigenvalue weighted by molar-refractivity contribution is -0.275. The van der Waals surface area contributed by atoms with Gasteiger partial charge in [-0.2, -0.15) is 22.0 Å². The van der Waals surface area contributed by atoms with Crippen LogP contribution in [0.15, 0.2) is 0 Å². The van der Waals surface area contributed by atoms with Crippen molar-refractivity contribution in [1.82, 2.24) is 9.80 Å². The summed E-state index contributed by atoms with van der Waals surface area (Å²) in [5, 5.41) is 0. The summed E-state index contributed by atoms with van der Waals surface area (Å²) in [5.74, 6) is -7.47. The molecule has 0 bridgehead atoms. The Morgan fingerprint density at radius 2 is 1.32 bits per heavy atom. The number of carbonyl (C=O) groups excluding carboxylic acids is 1. The van der Waals surface area contributed by atoms with E-state index in [9.17, 15) is 26.7 Å². The summed E-state index contributed by atoms with van der Waals surface area (Å²) in [6, 6.07) is 0. The van der Waals surface area contributed by atoms with Crippen molar-refractivity contribution >= 4 is 5.91 Å². The summed E-state index contributed by atoms with van der Waals surface area (Å²) in [6.45, 7) is 6.05. The molecule has 0 aromatic rings. The Hall–Kier alpha value is -0.920. The van der Waals surface area contributed by atoms with Crippen LogP contribution in [-0.4, -0.2) is 59.5 Å². The normalized spacial score (nSPS) is 19.7. The maximum absolute atomic E-state index is 12.9. The van der Waals surface area contributed by atoms with Crippen molar-refractivity contribution < 1.29 is 26.7 Å². The highest BCUT2D eigenvalue weighted by molar-refractivity contribution is 5.84. The molecule has 1 fully saturated rings. The Balaban J connectivity index is 2.69. The first-order valence-electron chi connectivity index (χ1n) is 5.86. The molecular weight excluding hydrogens is 271 g/mol. The van der Waals surface area contributed by atoms with E-state index in [0.717, 1.165) is 0 Å². The first kappa shape index (κ1) is 16.1. The van der Waals surface area contributed by atoms with E-state index in [1.807, 2.05) is 25.7 Å². The molecule has 1 amide bonds. The average Bonchev–Trinajstić information content (AvgIpc) is 2.25. The van der Waals surface area contributed by atoms with E-state index in [1.54, 1.807) is 0 Å². The van der Waals surface area contributed by atoms with Gasteiger partial charge in [-0.3, -0.25) is 9.69 Å². The molecule has 0 aliphatic carbocycles. The lowest BCUT2D eigenvalue weighted by atomic mass is 10.0. The van der Waals surface area contributed by atoms with Gasteiger partial charge in [-0.1, -0.05) is 0 Å². The van der Waals surface area contributed by atoms with E-state index < -0.39 is 18.0 Å². The maximum atomic E-state index is 12.9. The minimum absolute atomic E-state index is 0.123. The van der Waals surface area contributed by atoms with Crippen LogP contribution in [0.25, 0.3) is 0 Å². The van der Waals surface area contributed by atoms with E-state index in [0.29, 0.717) is 4.90 Å². The zero-order valence-corrected chi connectivity index (χ0v) is 11.0. The van der Waals surface area contributed by atoms with Gasteiger partial charge in [0.05, 0.1) is 0 Å². The Bertz CT molecular complexity index is 340. The second-order valence-electron chi connectivity index (χ2n) is 5.52. The van der Waals surface area contributed by atoms with Crippen LogP contribution in [0, 0.1) is 0 Å². The minimum Gasteiger partial charge on any atom is -0.335 e. The fourth-order valence-corrected chi connectivity index (χ4v) is 1.90. The summed E-state index contributed by atoms with van der Waals surface area (Å²) < 4.78 is 62.1. The number of amides is 1. The molecule has 0 aromatic carbocycles. The maximum Gasteiger partial charge on any atom is 0.463 e. The number of nitrogens with zero attached hydrogens (tertiary/aromatic N) is 2. The second-order valence-corrected chi connectivity index (χ2v) is 5.52. The van der Waals surface area contributed by atoms with Gasteiger partial charge in [-0.25, -0.2) is 0 Å². The van der Waals surface area contributed by atoms with Crippen LogP contribution < -0.4 is 0 Å². The highest BCUT2D eigenvalue weighted by Crippen LogP contribution is 2.37. The Morgan fingerprint density at radius 3 is 1.63 bits per heavy atom. The molecule has 0 aromatic heterocycles. The molecule has 112 valence electrons. The highest BCUT2D eigenvalue weighted by atomic mass is 19.4. The van der Waals surface area contributed by atoms with Crippen LogP contribution in [0.3, 0.4) is 0 Å². The van der Waals surface area contributed by atoms with Crippen molar-refractivity contribution in [2.24, 2.45) is 0 Å². The standard InChI is InChI=1S/C11H17F5N2O/c1-9(2,3)18-6-4-17(5-7-18)8(19)10(12,13)11(14,15)16/h4-7H2,1-3H3. The molecule has 1 aliphatic rings. The van der Waals surface area contributed by atoms with E-state index in [2.05, 4.69) is 0 Å². The molecule has 1 heterocycles. The number of carbonyl (C=O) groups is 1. The average molecular weight is 288 g/mol. The third kappa shape index (κ3) is 3.34. The topological polar surface area (TPSA) is 23.6 Å². The number of piperazine rings is 1. The predicted molar refractivity (Wildman–Crippen MR) is 58.9 cm³/mol. The van der Waals surface area contributed by atoms with Crippen LogP contribution in [0.4, 0.5) is 22.0 Å². The molecule has 0 atom stereocenters. The SMILES string of the molecule is CC(C)(C)N1CCN(C(=O)C(F)(F)C(F)(F)F)CC1. The molecule has 3 nitrogen and oxygen atoms in total. The van der Waals surface area contributed by atoms with Crippen molar-refractivity contribution in [1.29, 1.82) is 0 Å². The van der Waals surface area contributed by atoms with Gasteiger partial charge < -0.3 is 4.90 Å². The summed E-state index contributed by atoms with van der Waals surface area (Å²) in [4.78, 5) is 13.8. The Labute approximate surface area is 108 Å². The lowest BCUT2D eigenvalue weighted by Gasteiger charge is -2.42. The molecule has 0 spiro atoms. The van der Waals surface area contributed by atoms with E-state index >= 15 is 0 Å². The van der Waals surface area contributed by atoms with Gasteiger partial charge in [-0.15, -0.1) is 0 Å². The first-order valence-corrected chi connectivity index (χ1v) is 5.86. The molecule has 1 rings (SSSR count). The molecule has 1 aliphatic heterocycles. The molecule has 0 radical (unpaired) electrons. The predicted octanol–water partition coefficient (Wildman–Crippen LogP) is 2.13. The second kappa shape index (κ2) is 4.88. The van der Waals surface area contributed by atoms with Gasteiger partial charge in [0.25, 0.3) is 0 Å². The highest BCUT2D eigenvalue weighted by Gasteiger charge is 2.64. The summed E-state index contributed by atoms with van der Waals surface area (Å²) in [6.07, 6.45) is -5.84. The zero-order chi connectivity index (χ0) is 15.1. The number of halogens is 5. The number of hydrogen-bond donors (Lipinski definition) is 0. The van der Waals surface area contributed by atoms with E-state index in [4.69, 9.17) is 0 Å². The van der Waals surface area contributed by atoms with Crippen LogP contribution in [-0.2, 0) is 4.79 Å². The molecule has 0 N–H and O–H groups in total. The van der Waals surface area contributed by atoms with Gasteiger partial charge in [0.2, 0.25) is 0 Å². The van der Waals surface area contributed by atoms with Gasteiger partial charge >= 0.3 is 18.0 Å². The number of hydrogen-bond acceptors (Lipinski definition) is 2. The largest absolute Gasteiger partial charge is 0.463 e. The Morgan fingerprint density at radius 1 is 0.895 bits per heavy atom. The molecule has 8 heteroatoms. The molecule has 0 unspecified atom stereocenters. The van der Waals surface area contributed by atoms with Crippen molar-refractivity contribution in [3.63, 3.8) is 0 Å². The van der Waals surface area contributed by atoms with Crippen LogP contribution in [0.5, 0.6) is 0 Å². The van der Waals surface area contributed by atoms with Crippen LogP contribution in [0.1, 0.15) is 20.8 Å². The van der Waals surface area contributed by atoms with E-state index in [1.165, 1.54) is 0 Å². The van der Waals surface area contributed by atoms with Crippen LogP contribution >= 0.6 is 0 Å². The fourth-order valence-electron chi connectivity index (χ4n) is 1.90. The van der Waals surface area contributed by atoms with Crippen molar-refractivity contribution in [3.05, 3.63) is 0 Å². The quantitative estimate of drug-likeness (QED) is 0.690. The lowest BCUT2D eigenvalue weighted by Crippen LogP contribution is -2.59. The van der Waals surface area contributed by atoms with Crippen molar-refractivity contribution in [2.45, 2.75) is 38.4 Å². The number of rotatable bonds is 1. The monoisotopic (exact) mass is 288 g/mol. The molecular formula is C11H17F5N2O. The van der Waals surface area contributed by atoms with Gasteiger partial charge in [-0.05, 0) is 20.8 Å². The van der Waals surface area contributed by atoms with Gasteiger partial charge in [0, 0.05) is 31.7 Å². The summed E-state index contributed by atoms with van der Waals surface area (Å²) in [7, 11) is 0. The zero-order valence-electron chi connectivity index (χ0n) is 11.0. The van der Waals surface area contributed by atoms with Crippen molar-refractivity contribution in [2.75, 3.05) is 26.2 Å². The van der Waals surface area contributed by atoms with Gasteiger partial charge in [0.15, 0.2) is 0 Å². The summed E-state index contributed by atoms with van der Waals surface area (Å²) >= 11 is 0. The molecule has 1 saturated heterocycles. The van der Waals surface area contributed by atoms with Gasteiger partial charge in [0.1, 0.15) is 0 Å². The summed E-state index contributed by atoms with van der Waals surface area (Å²) in [5.41, 5.74) is -0.207. The van der Waals surface area contributed by atoms with E-state index in [-0.39, 0.29) is 31.7 Å². The first-order chi connectivity index (χ1) is 8.37. The Kier molecular flexibility index (Phi) is 4.15. The third-order valence-electron chi connectivity index (χ3n) is 3.14. The third-order valence-corrected chi connectivity index (χ3v) is 3.14. The van der Waals surface area contributed by atoms with Crippen LogP contribution in [0.2, 0.25) is 0 Å².